The molecule has 1 saturated carbocycles. The molecule has 0 aromatic heterocycles. The second-order valence-corrected chi connectivity index (χ2v) is 4.57. The molecule has 0 aliphatic heterocycles. The average molecular weight is 241 g/mol. The molecule has 0 atom stereocenters. The standard InChI is InChI=1S/C11H13BrO/c1-8-3-4-9(12)7-10(8)11(13-2)5-6-11/h3-4,7H,5-6H2,1-2H3. The summed E-state index contributed by atoms with van der Waals surface area (Å²) in [5.41, 5.74) is 2.69. The molecule has 0 radical (unpaired) electrons. The zero-order chi connectivity index (χ0) is 9.47. The van der Waals surface area contributed by atoms with Crippen LogP contribution in [0.4, 0.5) is 0 Å². The lowest BCUT2D eigenvalue weighted by molar-refractivity contribution is 0.0783. The maximum atomic E-state index is 5.55. The van der Waals surface area contributed by atoms with Gasteiger partial charge in [-0.1, -0.05) is 22.0 Å². The van der Waals surface area contributed by atoms with Gasteiger partial charge >= 0.3 is 0 Å². The van der Waals surface area contributed by atoms with Gasteiger partial charge in [0.1, 0.15) is 0 Å². The van der Waals surface area contributed by atoms with Gasteiger partial charge in [0.2, 0.25) is 0 Å². The van der Waals surface area contributed by atoms with E-state index in [0.29, 0.717) is 0 Å². The molecule has 1 nitrogen and oxygen atoms in total. The lowest BCUT2D eigenvalue weighted by Gasteiger charge is -2.16. The fourth-order valence-electron chi connectivity index (χ4n) is 1.78. The SMILES string of the molecule is COC1(c2cc(Br)ccc2C)CC1. The van der Waals surface area contributed by atoms with Crippen LogP contribution < -0.4 is 0 Å². The zero-order valence-corrected chi connectivity index (χ0v) is 9.52. The van der Waals surface area contributed by atoms with E-state index in [-0.39, 0.29) is 5.60 Å². The van der Waals surface area contributed by atoms with Gasteiger partial charge in [-0.05, 0) is 43.0 Å². The van der Waals surface area contributed by atoms with Gasteiger partial charge in [-0.15, -0.1) is 0 Å². The van der Waals surface area contributed by atoms with Crippen LogP contribution in [0.15, 0.2) is 22.7 Å². The monoisotopic (exact) mass is 240 g/mol. The maximum absolute atomic E-state index is 5.55. The molecule has 70 valence electrons. The van der Waals surface area contributed by atoms with Gasteiger partial charge < -0.3 is 4.74 Å². The number of hydrogen-bond acceptors (Lipinski definition) is 1. The van der Waals surface area contributed by atoms with Crippen LogP contribution in [0, 0.1) is 6.92 Å². The predicted octanol–water partition coefficient (Wildman–Crippen LogP) is 3.39. The summed E-state index contributed by atoms with van der Waals surface area (Å²) in [6.45, 7) is 2.14. The summed E-state index contributed by atoms with van der Waals surface area (Å²) >= 11 is 3.49. The molecule has 0 spiro atoms. The molecule has 0 bridgehead atoms. The van der Waals surface area contributed by atoms with Crippen LogP contribution in [-0.2, 0) is 10.3 Å². The molecule has 1 aliphatic carbocycles. The van der Waals surface area contributed by atoms with Crippen molar-refractivity contribution in [1.82, 2.24) is 0 Å². The molecule has 1 fully saturated rings. The van der Waals surface area contributed by atoms with Crippen molar-refractivity contribution in [2.75, 3.05) is 7.11 Å². The molecule has 0 unspecified atom stereocenters. The summed E-state index contributed by atoms with van der Waals surface area (Å²) in [6, 6.07) is 6.38. The Labute approximate surface area is 87.2 Å². The largest absolute Gasteiger partial charge is 0.374 e. The minimum Gasteiger partial charge on any atom is -0.374 e. The van der Waals surface area contributed by atoms with Crippen molar-refractivity contribution in [3.63, 3.8) is 0 Å². The van der Waals surface area contributed by atoms with Gasteiger partial charge in [-0.2, -0.15) is 0 Å². The number of hydrogen-bond donors (Lipinski definition) is 0. The maximum Gasteiger partial charge on any atom is 0.0932 e. The third-order valence-corrected chi connectivity index (χ3v) is 3.28. The van der Waals surface area contributed by atoms with Crippen LogP contribution in [0.3, 0.4) is 0 Å². The van der Waals surface area contributed by atoms with E-state index >= 15 is 0 Å². The summed E-state index contributed by atoms with van der Waals surface area (Å²) in [4.78, 5) is 0. The lowest BCUT2D eigenvalue weighted by Crippen LogP contribution is -2.10. The van der Waals surface area contributed by atoms with E-state index in [1.165, 1.54) is 11.1 Å². The van der Waals surface area contributed by atoms with E-state index in [2.05, 4.69) is 41.1 Å². The fourth-order valence-corrected chi connectivity index (χ4v) is 2.14. The highest BCUT2D eigenvalue weighted by Crippen LogP contribution is 2.50. The van der Waals surface area contributed by atoms with Crippen molar-refractivity contribution < 1.29 is 4.74 Å². The molecule has 2 rings (SSSR count). The first-order chi connectivity index (χ1) is 6.18. The molecule has 1 aromatic carbocycles. The van der Waals surface area contributed by atoms with Crippen molar-refractivity contribution in [1.29, 1.82) is 0 Å². The molecule has 2 heteroatoms. The Morgan fingerprint density at radius 1 is 1.38 bits per heavy atom. The number of rotatable bonds is 2. The predicted molar refractivity (Wildman–Crippen MR) is 56.8 cm³/mol. The Hall–Kier alpha value is -0.340. The minimum atomic E-state index is 0.0356. The van der Waals surface area contributed by atoms with E-state index in [1.807, 2.05) is 0 Å². The van der Waals surface area contributed by atoms with Crippen LogP contribution in [0.1, 0.15) is 24.0 Å². The Balaban J connectivity index is 2.44. The van der Waals surface area contributed by atoms with Crippen molar-refractivity contribution in [3.8, 4) is 0 Å². The van der Waals surface area contributed by atoms with Crippen molar-refractivity contribution in [3.05, 3.63) is 33.8 Å². The lowest BCUT2D eigenvalue weighted by atomic mass is 10.0. The third-order valence-electron chi connectivity index (χ3n) is 2.79. The first kappa shape index (κ1) is 9.22. The number of ether oxygens (including phenoxy) is 1. The Kier molecular flexibility index (Phi) is 2.20. The summed E-state index contributed by atoms with van der Waals surface area (Å²) in [5, 5.41) is 0. The fraction of sp³-hybridized carbons (Fsp3) is 0.455. The third kappa shape index (κ3) is 1.53. The minimum absolute atomic E-state index is 0.0356. The number of aryl methyl sites for hydroxylation is 1. The van der Waals surface area contributed by atoms with Gasteiger partial charge in [0.25, 0.3) is 0 Å². The van der Waals surface area contributed by atoms with Crippen molar-refractivity contribution >= 4 is 15.9 Å². The van der Waals surface area contributed by atoms with E-state index in [1.54, 1.807) is 7.11 Å². The van der Waals surface area contributed by atoms with Crippen LogP contribution in [0.25, 0.3) is 0 Å². The highest BCUT2D eigenvalue weighted by molar-refractivity contribution is 9.10. The van der Waals surface area contributed by atoms with Gasteiger partial charge in [0.15, 0.2) is 0 Å². The van der Waals surface area contributed by atoms with Gasteiger partial charge in [-0.25, -0.2) is 0 Å². The Morgan fingerprint density at radius 3 is 2.62 bits per heavy atom. The van der Waals surface area contributed by atoms with Crippen LogP contribution >= 0.6 is 15.9 Å². The molecule has 0 saturated heterocycles. The smallest absolute Gasteiger partial charge is 0.0932 e. The average Bonchev–Trinajstić information content (AvgIpc) is 2.90. The summed E-state index contributed by atoms with van der Waals surface area (Å²) < 4.78 is 6.69. The summed E-state index contributed by atoms with van der Waals surface area (Å²) in [7, 11) is 1.80. The number of benzene rings is 1. The number of halogens is 1. The molecule has 0 heterocycles. The molecule has 13 heavy (non-hydrogen) atoms. The summed E-state index contributed by atoms with van der Waals surface area (Å²) in [5.74, 6) is 0. The van der Waals surface area contributed by atoms with Gasteiger partial charge in [0, 0.05) is 11.6 Å². The number of methoxy groups -OCH3 is 1. The normalized spacial score (nSPS) is 18.7. The Morgan fingerprint density at radius 2 is 2.08 bits per heavy atom. The molecule has 1 aromatic rings. The highest BCUT2D eigenvalue weighted by Gasteiger charge is 2.45. The molecule has 0 amide bonds. The second-order valence-electron chi connectivity index (χ2n) is 3.66. The van der Waals surface area contributed by atoms with E-state index < -0.39 is 0 Å². The zero-order valence-electron chi connectivity index (χ0n) is 7.93. The first-order valence-corrected chi connectivity index (χ1v) is 5.29. The molecular weight excluding hydrogens is 228 g/mol. The van der Waals surface area contributed by atoms with Gasteiger partial charge in [-0.3, -0.25) is 0 Å². The highest BCUT2D eigenvalue weighted by atomic mass is 79.9. The first-order valence-electron chi connectivity index (χ1n) is 4.50. The summed E-state index contributed by atoms with van der Waals surface area (Å²) in [6.07, 6.45) is 2.31. The molecule has 0 N–H and O–H groups in total. The van der Waals surface area contributed by atoms with E-state index in [4.69, 9.17) is 4.74 Å². The molecule has 1 aliphatic rings. The molecular formula is C11H13BrO. The van der Waals surface area contributed by atoms with Crippen molar-refractivity contribution in [2.45, 2.75) is 25.4 Å². The van der Waals surface area contributed by atoms with Crippen LogP contribution in [-0.4, -0.2) is 7.11 Å². The second kappa shape index (κ2) is 3.10. The van der Waals surface area contributed by atoms with E-state index in [0.717, 1.165) is 17.3 Å². The van der Waals surface area contributed by atoms with Crippen molar-refractivity contribution in [2.24, 2.45) is 0 Å². The Bertz CT molecular complexity index is 329. The van der Waals surface area contributed by atoms with Gasteiger partial charge in [0.05, 0.1) is 5.60 Å². The quantitative estimate of drug-likeness (QED) is 0.771. The van der Waals surface area contributed by atoms with Crippen LogP contribution in [0.2, 0.25) is 0 Å². The topological polar surface area (TPSA) is 9.23 Å². The van der Waals surface area contributed by atoms with Crippen LogP contribution in [0.5, 0.6) is 0 Å². The van der Waals surface area contributed by atoms with E-state index in [9.17, 15) is 0 Å².